The van der Waals surface area contributed by atoms with E-state index in [9.17, 15) is 0 Å². The lowest BCUT2D eigenvalue weighted by atomic mass is 9.97. The molecule has 0 aliphatic carbocycles. The summed E-state index contributed by atoms with van der Waals surface area (Å²) in [5.74, 6) is 2.70. The Hall–Kier alpha value is -1.57. The molecule has 0 fully saturated rings. The minimum atomic E-state index is 0.787. The molecule has 114 valence electrons. The smallest absolute Gasteiger partial charge is 0.139 e. The average molecular weight is 284 g/mol. The third-order valence-corrected chi connectivity index (χ3v) is 4.09. The number of imidazole rings is 1. The van der Waals surface area contributed by atoms with Gasteiger partial charge in [0.2, 0.25) is 0 Å². The summed E-state index contributed by atoms with van der Waals surface area (Å²) in [6.45, 7) is 8.05. The zero-order valence-electron chi connectivity index (χ0n) is 13.6. The normalized spacial score (nSPS) is 12.8. The van der Waals surface area contributed by atoms with Crippen LogP contribution in [-0.4, -0.2) is 9.55 Å². The van der Waals surface area contributed by atoms with Gasteiger partial charge in [0.25, 0.3) is 0 Å². The van der Waals surface area contributed by atoms with Crippen LogP contribution in [0.1, 0.15) is 46.5 Å². The van der Waals surface area contributed by atoms with E-state index in [-0.39, 0.29) is 0 Å². The van der Waals surface area contributed by atoms with Crippen LogP contribution in [-0.2, 0) is 6.54 Å². The molecule has 0 saturated carbocycles. The van der Waals surface area contributed by atoms with Crippen molar-refractivity contribution < 1.29 is 0 Å². The van der Waals surface area contributed by atoms with E-state index < -0.39 is 0 Å². The first-order valence-electron chi connectivity index (χ1n) is 8.23. The van der Waals surface area contributed by atoms with E-state index in [1.807, 2.05) is 12.3 Å². The number of aromatic nitrogens is 2. The van der Waals surface area contributed by atoms with Gasteiger partial charge in [0.1, 0.15) is 5.82 Å². The number of hydrogen-bond donors (Lipinski definition) is 0. The fourth-order valence-corrected chi connectivity index (χ4v) is 2.72. The molecule has 2 rings (SSSR count). The molecule has 0 N–H and O–H groups in total. The first-order valence-corrected chi connectivity index (χ1v) is 8.23. The zero-order valence-corrected chi connectivity index (χ0v) is 13.6. The van der Waals surface area contributed by atoms with Gasteiger partial charge in [0.05, 0.1) is 0 Å². The molecule has 0 spiro atoms. The van der Waals surface area contributed by atoms with Gasteiger partial charge in [-0.2, -0.15) is 0 Å². The largest absolute Gasteiger partial charge is 0.331 e. The van der Waals surface area contributed by atoms with Crippen molar-refractivity contribution in [1.29, 1.82) is 0 Å². The van der Waals surface area contributed by atoms with E-state index in [1.165, 1.54) is 31.2 Å². The van der Waals surface area contributed by atoms with Crippen LogP contribution in [0.5, 0.6) is 0 Å². The molecule has 1 aromatic carbocycles. The number of aryl methyl sites for hydroxylation is 1. The third kappa shape index (κ3) is 5.04. The molecule has 1 unspecified atom stereocenters. The SMILES string of the molecule is CC(C)CCCC(C)CCn1ccnc1-c1ccccc1. The second-order valence-electron chi connectivity index (χ2n) is 6.53. The summed E-state index contributed by atoms with van der Waals surface area (Å²) in [5.41, 5.74) is 1.20. The summed E-state index contributed by atoms with van der Waals surface area (Å²) in [5, 5.41) is 0. The number of hydrogen-bond acceptors (Lipinski definition) is 1. The molecule has 1 aromatic heterocycles. The highest BCUT2D eigenvalue weighted by atomic mass is 15.1. The van der Waals surface area contributed by atoms with Crippen LogP contribution in [0.15, 0.2) is 42.7 Å². The Kier molecular flexibility index (Phi) is 6.04. The Morgan fingerprint density at radius 3 is 2.48 bits per heavy atom. The van der Waals surface area contributed by atoms with Crippen LogP contribution in [0, 0.1) is 11.8 Å². The van der Waals surface area contributed by atoms with Gasteiger partial charge in [-0.05, 0) is 18.3 Å². The van der Waals surface area contributed by atoms with Crippen molar-refractivity contribution in [2.75, 3.05) is 0 Å². The topological polar surface area (TPSA) is 17.8 Å². The van der Waals surface area contributed by atoms with Gasteiger partial charge >= 0.3 is 0 Å². The van der Waals surface area contributed by atoms with E-state index >= 15 is 0 Å². The Balaban J connectivity index is 1.86. The van der Waals surface area contributed by atoms with Crippen molar-refractivity contribution in [3.05, 3.63) is 42.7 Å². The molecule has 0 bridgehead atoms. The second kappa shape index (κ2) is 8.02. The summed E-state index contributed by atoms with van der Waals surface area (Å²) in [4.78, 5) is 4.51. The third-order valence-electron chi connectivity index (χ3n) is 4.09. The number of rotatable bonds is 8. The molecule has 2 nitrogen and oxygen atoms in total. The van der Waals surface area contributed by atoms with Gasteiger partial charge in [0, 0.05) is 24.5 Å². The molecule has 21 heavy (non-hydrogen) atoms. The molecule has 1 atom stereocenters. The van der Waals surface area contributed by atoms with Crippen molar-refractivity contribution in [2.24, 2.45) is 11.8 Å². The maximum absolute atomic E-state index is 4.51. The minimum absolute atomic E-state index is 0.787. The van der Waals surface area contributed by atoms with E-state index in [2.05, 4.69) is 60.8 Å². The van der Waals surface area contributed by atoms with Crippen molar-refractivity contribution in [3.8, 4) is 11.4 Å². The lowest BCUT2D eigenvalue weighted by Crippen LogP contribution is -2.05. The van der Waals surface area contributed by atoms with E-state index in [0.29, 0.717) is 0 Å². The van der Waals surface area contributed by atoms with Gasteiger partial charge in [-0.25, -0.2) is 4.98 Å². The second-order valence-corrected chi connectivity index (χ2v) is 6.53. The number of nitrogens with zero attached hydrogens (tertiary/aromatic N) is 2. The quantitative estimate of drug-likeness (QED) is 0.634. The predicted octanol–water partition coefficient (Wildman–Crippen LogP) is 5.40. The lowest BCUT2D eigenvalue weighted by molar-refractivity contribution is 0.415. The Morgan fingerprint density at radius 1 is 1.00 bits per heavy atom. The van der Waals surface area contributed by atoms with Gasteiger partial charge in [-0.3, -0.25) is 0 Å². The van der Waals surface area contributed by atoms with Crippen molar-refractivity contribution in [3.63, 3.8) is 0 Å². The molecule has 0 saturated heterocycles. The van der Waals surface area contributed by atoms with Gasteiger partial charge in [0.15, 0.2) is 0 Å². The summed E-state index contributed by atoms with van der Waals surface area (Å²) >= 11 is 0. The van der Waals surface area contributed by atoms with E-state index in [0.717, 1.165) is 24.2 Å². The van der Waals surface area contributed by atoms with Crippen LogP contribution in [0.25, 0.3) is 11.4 Å². The van der Waals surface area contributed by atoms with Crippen LogP contribution < -0.4 is 0 Å². The monoisotopic (exact) mass is 284 g/mol. The fourth-order valence-electron chi connectivity index (χ4n) is 2.72. The maximum atomic E-state index is 4.51. The molecule has 0 amide bonds. The fraction of sp³-hybridized carbons (Fsp3) is 0.526. The first kappa shape index (κ1) is 15.8. The Morgan fingerprint density at radius 2 is 1.76 bits per heavy atom. The molecule has 2 heteroatoms. The number of benzene rings is 1. The maximum Gasteiger partial charge on any atom is 0.139 e. The van der Waals surface area contributed by atoms with Crippen molar-refractivity contribution >= 4 is 0 Å². The highest BCUT2D eigenvalue weighted by molar-refractivity contribution is 5.54. The van der Waals surface area contributed by atoms with Gasteiger partial charge in [-0.15, -0.1) is 0 Å². The molecule has 0 aliphatic heterocycles. The summed E-state index contributed by atoms with van der Waals surface area (Å²) in [6.07, 6.45) is 9.29. The molecular formula is C19H28N2. The van der Waals surface area contributed by atoms with Crippen LogP contribution in [0.3, 0.4) is 0 Å². The predicted molar refractivity (Wildman–Crippen MR) is 90.1 cm³/mol. The summed E-state index contributed by atoms with van der Waals surface area (Å²) in [7, 11) is 0. The summed E-state index contributed by atoms with van der Waals surface area (Å²) in [6, 6.07) is 10.5. The summed E-state index contributed by atoms with van der Waals surface area (Å²) < 4.78 is 2.29. The Labute approximate surface area is 129 Å². The molecular weight excluding hydrogens is 256 g/mol. The standard InChI is InChI=1S/C19H28N2/c1-16(2)8-7-9-17(3)12-14-21-15-13-20-19(21)18-10-5-4-6-11-18/h4-6,10-11,13,15-17H,7-9,12,14H2,1-3H3. The molecule has 1 heterocycles. The Bertz CT molecular complexity index is 513. The highest BCUT2D eigenvalue weighted by Gasteiger charge is 2.08. The molecule has 0 radical (unpaired) electrons. The van der Waals surface area contributed by atoms with Crippen LogP contribution in [0.4, 0.5) is 0 Å². The van der Waals surface area contributed by atoms with Gasteiger partial charge < -0.3 is 4.57 Å². The van der Waals surface area contributed by atoms with Crippen LogP contribution in [0.2, 0.25) is 0 Å². The average Bonchev–Trinajstić information content (AvgIpc) is 2.94. The van der Waals surface area contributed by atoms with Crippen LogP contribution >= 0.6 is 0 Å². The van der Waals surface area contributed by atoms with Gasteiger partial charge in [-0.1, -0.05) is 70.4 Å². The lowest BCUT2D eigenvalue weighted by Gasteiger charge is -2.14. The zero-order chi connectivity index (χ0) is 15.1. The minimum Gasteiger partial charge on any atom is -0.331 e. The molecule has 2 aromatic rings. The van der Waals surface area contributed by atoms with Crippen molar-refractivity contribution in [2.45, 2.75) is 53.0 Å². The van der Waals surface area contributed by atoms with Crippen molar-refractivity contribution in [1.82, 2.24) is 9.55 Å². The molecule has 0 aliphatic rings. The first-order chi connectivity index (χ1) is 10.2. The highest BCUT2D eigenvalue weighted by Crippen LogP contribution is 2.20. The van der Waals surface area contributed by atoms with E-state index in [4.69, 9.17) is 0 Å². The van der Waals surface area contributed by atoms with E-state index in [1.54, 1.807) is 0 Å².